The van der Waals surface area contributed by atoms with E-state index in [0.29, 0.717) is 11.4 Å². The molecule has 0 amide bonds. The summed E-state index contributed by atoms with van der Waals surface area (Å²) in [4.78, 5) is 17.9. The molecular weight excluding hydrogens is 266 g/mol. The van der Waals surface area contributed by atoms with Crippen LogP contribution in [0, 0.1) is 24.0 Å². The van der Waals surface area contributed by atoms with E-state index in [2.05, 4.69) is 20.5 Å². The maximum atomic E-state index is 11.1. The molecule has 0 unspecified atom stereocenters. The van der Waals surface area contributed by atoms with Crippen molar-refractivity contribution in [3.8, 4) is 11.6 Å². The summed E-state index contributed by atoms with van der Waals surface area (Å²) >= 11 is 0. The Labute approximate surface area is 113 Å². The maximum Gasteiger partial charge on any atom is 0.374 e. The molecule has 0 fully saturated rings. The van der Waals surface area contributed by atoms with Gasteiger partial charge in [0.05, 0.1) is 10.6 Å². The number of aromatic nitrogens is 4. The quantitative estimate of drug-likeness (QED) is 0.477. The molecule has 0 bridgehead atoms. The maximum absolute atomic E-state index is 11.1. The Morgan fingerprint density at radius 2 is 2.15 bits per heavy atom. The molecule has 2 aromatic heterocycles. The van der Waals surface area contributed by atoms with Crippen molar-refractivity contribution in [3.05, 3.63) is 27.8 Å². The lowest BCUT2D eigenvalue weighted by atomic mass is 10.3. The van der Waals surface area contributed by atoms with E-state index in [4.69, 9.17) is 10.6 Å². The minimum Gasteiger partial charge on any atom is -0.430 e. The molecule has 2 aromatic rings. The van der Waals surface area contributed by atoms with Gasteiger partial charge in [-0.25, -0.2) is 10.8 Å². The minimum absolute atomic E-state index is 0.126. The van der Waals surface area contributed by atoms with Crippen LogP contribution in [-0.2, 0) is 7.05 Å². The van der Waals surface area contributed by atoms with E-state index in [9.17, 15) is 10.1 Å². The van der Waals surface area contributed by atoms with Crippen LogP contribution >= 0.6 is 0 Å². The highest BCUT2D eigenvalue weighted by Crippen LogP contribution is 2.35. The van der Waals surface area contributed by atoms with Crippen molar-refractivity contribution in [2.45, 2.75) is 13.8 Å². The van der Waals surface area contributed by atoms with Crippen molar-refractivity contribution in [1.29, 1.82) is 0 Å². The van der Waals surface area contributed by atoms with Gasteiger partial charge >= 0.3 is 11.6 Å². The molecule has 10 nitrogen and oxygen atoms in total. The minimum atomic E-state index is -0.661. The first kappa shape index (κ1) is 13.7. The molecule has 0 radical (unpaired) electrons. The number of hydrazine groups is 1. The summed E-state index contributed by atoms with van der Waals surface area (Å²) in [6, 6.07) is 0. The van der Waals surface area contributed by atoms with Crippen molar-refractivity contribution in [1.82, 2.24) is 19.7 Å². The van der Waals surface area contributed by atoms with Gasteiger partial charge in [-0.3, -0.25) is 14.8 Å². The lowest BCUT2D eigenvalue weighted by Crippen LogP contribution is -2.12. The number of nitrogen functional groups attached to an aromatic ring is 1. The van der Waals surface area contributed by atoms with Crippen molar-refractivity contribution in [2.24, 2.45) is 12.9 Å². The number of aryl methyl sites for hydroxylation is 2. The summed E-state index contributed by atoms with van der Waals surface area (Å²) in [6.07, 6.45) is 1.12. The SMILES string of the molecule is Cc1nn(C)c(C)c1Oc1ncnc(NN)c1[N+](=O)[O-]. The van der Waals surface area contributed by atoms with Gasteiger partial charge in [0.15, 0.2) is 5.75 Å². The second-order valence-corrected chi connectivity index (χ2v) is 4.00. The fraction of sp³-hybridized carbons (Fsp3) is 0.300. The molecule has 2 heterocycles. The van der Waals surface area contributed by atoms with Crippen LogP contribution in [0.1, 0.15) is 11.4 Å². The summed E-state index contributed by atoms with van der Waals surface area (Å²) in [5, 5.41) is 15.3. The van der Waals surface area contributed by atoms with Crippen LogP contribution < -0.4 is 16.0 Å². The van der Waals surface area contributed by atoms with Gasteiger partial charge in [-0.1, -0.05) is 0 Å². The predicted molar refractivity (Wildman–Crippen MR) is 69.3 cm³/mol. The first-order valence-corrected chi connectivity index (χ1v) is 5.59. The molecule has 0 spiro atoms. The largest absolute Gasteiger partial charge is 0.430 e. The predicted octanol–water partition coefficient (Wildman–Crippen LogP) is 0.813. The molecule has 20 heavy (non-hydrogen) atoms. The number of ether oxygens (including phenoxy) is 1. The van der Waals surface area contributed by atoms with E-state index >= 15 is 0 Å². The molecule has 106 valence electrons. The number of hydrogen-bond acceptors (Lipinski definition) is 8. The Morgan fingerprint density at radius 1 is 1.45 bits per heavy atom. The van der Waals surface area contributed by atoms with E-state index in [1.165, 1.54) is 0 Å². The summed E-state index contributed by atoms with van der Waals surface area (Å²) in [6.45, 7) is 3.52. The van der Waals surface area contributed by atoms with Crippen LogP contribution in [0.3, 0.4) is 0 Å². The zero-order valence-corrected chi connectivity index (χ0v) is 11.1. The molecule has 0 aliphatic heterocycles. The summed E-state index contributed by atoms with van der Waals surface area (Å²) < 4.78 is 7.13. The third-order valence-electron chi connectivity index (χ3n) is 2.75. The van der Waals surface area contributed by atoms with Crippen LogP contribution in [0.25, 0.3) is 0 Å². The average Bonchev–Trinajstić information content (AvgIpc) is 2.64. The Hall–Kier alpha value is -2.75. The Kier molecular flexibility index (Phi) is 3.48. The first-order valence-electron chi connectivity index (χ1n) is 5.59. The molecule has 3 N–H and O–H groups in total. The lowest BCUT2D eigenvalue weighted by molar-refractivity contribution is -0.385. The molecule has 0 aliphatic carbocycles. The van der Waals surface area contributed by atoms with Crippen molar-refractivity contribution < 1.29 is 9.66 Å². The first-order chi connectivity index (χ1) is 9.45. The highest BCUT2D eigenvalue weighted by Gasteiger charge is 2.26. The molecule has 10 heteroatoms. The summed E-state index contributed by atoms with van der Waals surface area (Å²) in [5.74, 6) is 5.29. The van der Waals surface area contributed by atoms with Crippen molar-refractivity contribution in [3.63, 3.8) is 0 Å². The molecule has 0 saturated carbocycles. The lowest BCUT2D eigenvalue weighted by Gasteiger charge is -2.07. The van der Waals surface area contributed by atoms with Gasteiger partial charge in [0.2, 0.25) is 5.82 Å². The molecule has 0 aromatic carbocycles. The Bertz CT molecular complexity index is 667. The standard InChI is InChI=1S/C10H13N7O3/c1-5-8(6(2)16(3)15-5)20-10-7(17(18)19)9(14-11)12-4-13-10/h4H,11H2,1-3H3,(H,12,13,14). The second kappa shape index (κ2) is 5.09. The number of hydrogen-bond donors (Lipinski definition) is 2. The van der Waals surface area contributed by atoms with Gasteiger partial charge < -0.3 is 10.2 Å². The monoisotopic (exact) mass is 279 g/mol. The Balaban J connectivity index is 2.51. The van der Waals surface area contributed by atoms with Gasteiger partial charge in [-0.05, 0) is 13.8 Å². The van der Waals surface area contributed by atoms with Crippen molar-refractivity contribution >= 4 is 11.5 Å². The van der Waals surface area contributed by atoms with Gasteiger partial charge in [-0.2, -0.15) is 10.1 Å². The topological polar surface area (TPSA) is 134 Å². The fourth-order valence-corrected chi connectivity index (χ4v) is 1.71. The smallest absolute Gasteiger partial charge is 0.374 e. The average molecular weight is 279 g/mol. The zero-order chi connectivity index (χ0) is 14.9. The zero-order valence-electron chi connectivity index (χ0n) is 11.1. The number of nitro groups is 1. The third kappa shape index (κ3) is 2.23. The number of nitrogens with zero attached hydrogens (tertiary/aromatic N) is 5. The fourth-order valence-electron chi connectivity index (χ4n) is 1.71. The summed E-state index contributed by atoms with van der Waals surface area (Å²) in [5.41, 5.74) is 3.03. The van der Waals surface area contributed by atoms with Crippen LogP contribution in [0.5, 0.6) is 11.6 Å². The normalized spacial score (nSPS) is 10.4. The molecule has 0 atom stereocenters. The molecular formula is C10H13N7O3. The number of nitrogens with one attached hydrogen (secondary N) is 1. The van der Waals surface area contributed by atoms with E-state index in [1.807, 2.05) is 0 Å². The number of anilines is 1. The van der Waals surface area contributed by atoms with Crippen LogP contribution in [0.15, 0.2) is 6.33 Å². The van der Waals surface area contributed by atoms with E-state index in [0.717, 1.165) is 12.0 Å². The highest BCUT2D eigenvalue weighted by atomic mass is 16.6. The van der Waals surface area contributed by atoms with Gasteiger partial charge in [0.25, 0.3) is 0 Å². The second-order valence-electron chi connectivity index (χ2n) is 4.00. The van der Waals surface area contributed by atoms with Crippen LogP contribution in [0.2, 0.25) is 0 Å². The van der Waals surface area contributed by atoms with E-state index in [1.54, 1.807) is 25.6 Å². The molecule has 2 rings (SSSR count). The van der Waals surface area contributed by atoms with Crippen LogP contribution in [-0.4, -0.2) is 24.7 Å². The van der Waals surface area contributed by atoms with Crippen LogP contribution in [0.4, 0.5) is 11.5 Å². The van der Waals surface area contributed by atoms with Crippen molar-refractivity contribution in [2.75, 3.05) is 5.43 Å². The third-order valence-corrected chi connectivity index (χ3v) is 2.75. The summed E-state index contributed by atoms with van der Waals surface area (Å²) in [7, 11) is 1.75. The molecule has 0 aliphatic rings. The van der Waals surface area contributed by atoms with E-state index < -0.39 is 10.6 Å². The van der Waals surface area contributed by atoms with Gasteiger partial charge in [-0.15, -0.1) is 0 Å². The number of nitrogens with two attached hydrogens (primary N) is 1. The van der Waals surface area contributed by atoms with Gasteiger partial charge in [0.1, 0.15) is 12.0 Å². The van der Waals surface area contributed by atoms with E-state index in [-0.39, 0.29) is 11.7 Å². The van der Waals surface area contributed by atoms with Gasteiger partial charge in [0, 0.05) is 7.05 Å². The highest BCUT2D eigenvalue weighted by molar-refractivity contribution is 5.61. The Morgan fingerprint density at radius 3 is 2.65 bits per heavy atom. The number of rotatable bonds is 4. The molecule has 0 saturated heterocycles.